The molecular weight excluding hydrogens is 314 g/mol. The number of aryl methyl sites for hydroxylation is 1. The molecule has 4 heteroatoms. The highest BCUT2D eigenvalue weighted by Gasteiger charge is 2.25. The predicted molar refractivity (Wildman–Crippen MR) is 98.3 cm³/mol. The molecule has 4 nitrogen and oxygen atoms in total. The average molecular weight is 339 g/mol. The molecule has 1 amide bonds. The molecule has 2 aromatic rings. The number of amides is 1. The lowest BCUT2D eigenvalue weighted by atomic mass is 9.98. The SMILES string of the molecule is COc1cccc(C(=O)N2CCCC(COc3cccc(C)c3)C2)c1. The fourth-order valence-electron chi connectivity index (χ4n) is 3.24. The highest BCUT2D eigenvalue weighted by atomic mass is 16.5. The minimum atomic E-state index is 0.0687. The van der Waals surface area contributed by atoms with Gasteiger partial charge in [-0.3, -0.25) is 4.79 Å². The van der Waals surface area contributed by atoms with Crippen molar-refractivity contribution in [2.45, 2.75) is 19.8 Å². The Hall–Kier alpha value is -2.49. The lowest BCUT2D eigenvalue weighted by Crippen LogP contribution is -2.41. The Kier molecular flexibility index (Phi) is 5.59. The minimum Gasteiger partial charge on any atom is -0.497 e. The van der Waals surface area contributed by atoms with E-state index < -0.39 is 0 Å². The number of benzene rings is 2. The molecule has 0 saturated carbocycles. The highest BCUT2D eigenvalue weighted by molar-refractivity contribution is 5.94. The molecule has 2 aromatic carbocycles. The Bertz CT molecular complexity index is 729. The van der Waals surface area contributed by atoms with Crippen LogP contribution < -0.4 is 9.47 Å². The number of carbonyl (C=O) groups is 1. The van der Waals surface area contributed by atoms with Crippen LogP contribution in [0.1, 0.15) is 28.8 Å². The third-order valence-electron chi connectivity index (χ3n) is 4.60. The molecule has 1 unspecified atom stereocenters. The van der Waals surface area contributed by atoms with Crippen LogP contribution in [0.4, 0.5) is 0 Å². The summed E-state index contributed by atoms with van der Waals surface area (Å²) in [5.74, 6) is 2.04. The van der Waals surface area contributed by atoms with Crippen LogP contribution in [0.15, 0.2) is 48.5 Å². The van der Waals surface area contributed by atoms with Crippen LogP contribution in [0.3, 0.4) is 0 Å². The van der Waals surface area contributed by atoms with E-state index in [1.807, 2.05) is 41.3 Å². The zero-order chi connectivity index (χ0) is 17.6. The van der Waals surface area contributed by atoms with Gasteiger partial charge in [-0.25, -0.2) is 0 Å². The fraction of sp³-hybridized carbons (Fsp3) is 0.381. The zero-order valence-corrected chi connectivity index (χ0v) is 14.9. The van der Waals surface area contributed by atoms with Gasteiger partial charge in [-0.2, -0.15) is 0 Å². The molecule has 1 aliphatic heterocycles. The third-order valence-corrected chi connectivity index (χ3v) is 4.60. The first kappa shape index (κ1) is 17.3. The number of ether oxygens (including phenoxy) is 2. The van der Waals surface area contributed by atoms with Crippen molar-refractivity contribution in [2.75, 3.05) is 26.8 Å². The first-order chi connectivity index (χ1) is 12.2. The van der Waals surface area contributed by atoms with Crippen LogP contribution in [-0.4, -0.2) is 37.6 Å². The van der Waals surface area contributed by atoms with E-state index in [9.17, 15) is 4.79 Å². The first-order valence-corrected chi connectivity index (χ1v) is 8.78. The summed E-state index contributed by atoms with van der Waals surface area (Å²) in [6.07, 6.45) is 2.10. The van der Waals surface area contributed by atoms with Crippen LogP contribution in [-0.2, 0) is 0 Å². The first-order valence-electron chi connectivity index (χ1n) is 8.78. The second kappa shape index (κ2) is 8.06. The summed E-state index contributed by atoms with van der Waals surface area (Å²) in [5, 5.41) is 0. The lowest BCUT2D eigenvalue weighted by molar-refractivity contribution is 0.0633. The van der Waals surface area contributed by atoms with E-state index in [0.717, 1.165) is 31.7 Å². The maximum Gasteiger partial charge on any atom is 0.253 e. The van der Waals surface area contributed by atoms with Gasteiger partial charge in [0.25, 0.3) is 5.91 Å². The van der Waals surface area contributed by atoms with Crippen molar-refractivity contribution >= 4 is 5.91 Å². The molecule has 3 rings (SSSR count). The van der Waals surface area contributed by atoms with Crippen LogP contribution in [0.5, 0.6) is 11.5 Å². The predicted octanol–water partition coefficient (Wildman–Crippen LogP) is 3.93. The molecule has 132 valence electrons. The summed E-state index contributed by atoms with van der Waals surface area (Å²) in [6, 6.07) is 15.4. The normalized spacial score (nSPS) is 17.2. The van der Waals surface area contributed by atoms with Gasteiger partial charge < -0.3 is 14.4 Å². The van der Waals surface area contributed by atoms with Gasteiger partial charge in [-0.1, -0.05) is 18.2 Å². The number of methoxy groups -OCH3 is 1. The van der Waals surface area contributed by atoms with E-state index in [2.05, 4.69) is 13.0 Å². The fourth-order valence-corrected chi connectivity index (χ4v) is 3.24. The van der Waals surface area contributed by atoms with E-state index in [1.165, 1.54) is 5.56 Å². The van der Waals surface area contributed by atoms with Crippen LogP contribution in [0.2, 0.25) is 0 Å². The largest absolute Gasteiger partial charge is 0.497 e. The summed E-state index contributed by atoms with van der Waals surface area (Å²) in [4.78, 5) is 14.7. The van der Waals surface area contributed by atoms with E-state index in [4.69, 9.17) is 9.47 Å². The van der Waals surface area contributed by atoms with Crippen LogP contribution in [0.25, 0.3) is 0 Å². The van der Waals surface area contributed by atoms with Crippen LogP contribution in [0, 0.1) is 12.8 Å². The summed E-state index contributed by atoms with van der Waals surface area (Å²) in [7, 11) is 1.61. The smallest absolute Gasteiger partial charge is 0.253 e. The molecule has 0 N–H and O–H groups in total. The summed E-state index contributed by atoms with van der Waals surface area (Å²) in [6.45, 7) is 4.24. The maximum atomic E-state index is 12.8. The maximum absolute atomic E-state index is 12.8. The molecule has 1 saturated heterocycles. The van der Waals surface area contributed by atoms with E-state index in [-0.39, 0.29) is 5.91 Å². The number of likely N-dealkylation sites (tertiary alicyclic amines) is 1. The molecule has 0 aliphatic carbocycles. The molecule has 0 aromatic heterocycles. The van der Waals surface area contributed by atoms with Crippen molar-refractivity contribution < 1.29 is 14.3 Å². The second-order valence-electron chi connectivity index (χ2n) is 6.62. The van der Waals surface area contributed by atoms with E-state index in [1.54, 1.807) is 13.2 Å². The van der Waals surface area contributed by atoms with Crippen molar-refractivity contribution in [3.05, 3.63) is 59.7 Å². The summed E-state index contributed by atoms with van der Waals surface area (Å²) >= 11 is 0. The molecular formula is C21H25NO3. The average Bonchev–Trinajstić information content (AvgIpc) is 2.66. The van der Waals surface area contributed by atoms with Gasteiger partial charge in [0, 0.05) is 24.6 Å². The number of rotatable bonds is 5. The van der Waals surface area contributed by atoms with E-state index >= 15 is 0 Å². The Balaban J connectivity index is 1.59. The monoisotopic (exact) mass is 339 g/mol. The van der Waals surface area contributed by atoms with Crippen LogP contribution >= 0.6 is 0 Å². The standard InChI is InChI=1S/C21H25NO3/c1-16-6-3-10-20(12-16)25-15-17-7-5-11-22(14-17)21(23)18-8-4-9-19(13-18)24-2/h3-4,6,8-10,12-13,17H,5,7,11,14-15H2,1-2H3. The third kappa shape index (κ3) is 4.53. The molecule has 1 heterocycles. The van der Waals surface area contributed by atoms with Gasteiger partial charge in [0.2, 0.25) is 0 Å². The molecule has 0 bridgehead atoms. The molecule has 0 radical (unpaired) electrons. The molecule has 0 spiro atoms. The Morgan fingerprint density at radius 3 is 2.76 bits per heavy atom. The summed E-state index contributed by atoms with van der Waals surface area (Å²) < 4.78 is 11.2. The Morgan fingerprint density at radius 2 is 1.96 bits per heavy atom. The Morgan fingerprint density at radius 1 is 1.16 bits per heavy atom. The van der Waals surface area contributed by atoms with Crippen molar-refractivity contribution in [3.63, 3.8) is 0 Å². The molecule has 25 heavy (non-hydrogen) atoms. The minimum absolute atomic E-state index is 0.0687. The molecule has 1 atom stereocenters. The van der Waals surface area contributed by atoms with Gasteiger partial charge >= 0.3 is 0 Å². The number of hydrogen-bond acceptors (Lipinski definition) is 3. The number of hydrogen-bond donors (Lipinski definition) is 0. The highest BCUT2D eigenvalue weighted by Crippen LogP contribution is 2.22. The second-order valence-corrected chi connectivity index (χ2v) is 6.62. The van der Waals surface area contributed by atoms with Crippen molar-refractivity contribution in [2.24, 2.45) is 5.92 Å². The van der Waals surface area contributed by atoms with Gasteiger partial charge in [-0.15, -0.1) is 0 Å². The number of piperidine rings is 1. The van der Waals surface area contributed by atoms with Gasteiger partial charge in [0.15, 0.2) is 0 Å². The van der Waals surface area contributed by atoms with Crippen molar-refractivity contribution in [1.82, 2.24) is 4.90 Å². The lowest BCUT2D eigenvalue weighted by Gasteiger charge is -2.32. The van der Waals surface area contributed by atoms with Crippen molar-refractivity contribution in [1.29, 1.82) is 0 Å². The zero-order valence-electron chi connectivity index (χ0n) is 14.9. The number of nitrogens with zero attached hydrogens (tertiary/aromatic N) is 1. The molecule has 1 aliphatic rings. The quantitative estimate of drug-likeness (QED) is 0.828. The van der Waals surface area contributed by atoms with Gasteiger partial charge in [0.1, 0.15) is 11.5 Å². The van der Waals surface area contributed by atoms with Gasteiger partial charge in [0.05, 0.1) is 13.7 Å². The topological polar surface area (TPSA) is 38.8 Å². The van der Waals surface area contributed by atoms with E-state index in [0.29, 0.717) is 23.8 Å². The van der Waals surface area contributed by atoms with Gasteiger partial charge in [-0.05, 0) is 55.7 Å². The Labute approximate surface area is 149 Å². The summed E-state index contributed by atoms with van der Waals surface area (Å²) in [5.41, 5.74) is 1.87. The van der Waals surface area contributed by atoms with Crippen molar-refractivity contribution in [3.8, 4) is 11.5 Å². The number of carbonyl (C=O) groups excluding carboxylic acids is 1. The molecule has 1 fully saturated rings.